The van der Waals surface area contributed by atoms with Crippen molar-refractivity contribution < 1.29 is 23.7 Å². The minimum atomic E-state index is -0.475. The molecule has 0 spiro atoms. The molecule has 32 heavy (non-hydrogen) atoms. The number of unbranched alkanes of at least 4 members (excludes halogenated alkanes) is 1. The second-order valence-corrected chi connectivity index (χ2v) is 6.87. The molecule has 0 saturated heterocycles. The number of anilines is 1. The first kappa shape index (κ1) is 22.5. The van der Waals surface area contributed by atoms with Crippen LogP contribution in [0.25, 0.3) is 17.4 Å². The van der Waals surface area contributed by atoms with Gasteiger partial charge in [0.2, 0.25) is 5.91 Å². The van der Waals surface area contributed by atoms with Gasteiger partial charge in [-0.1, -0.05) is 25.5 Å². The molecule has 1 N–H and O–H groups in total. The third-order valence-corrected chi connectivity index (χ3v) is 4.51. The number of hydrogen-bond acceptors (Lipinski definition) is 6. The molecule has 1 aromatic heterocycles. The number of hydrogen-bond donors (Lipinski definition) is 1. The highest BCUT2D eigenvalue weighted by atomic mass is 16.6. The number of benzene rings is 2. The van der Waals surface area contributed by atoms with E-state index in [-0.39, 0.29) is 5.69 Å². The van der Waals surface area contributed by atoms with Gasteiger partial charge in [0.05, 0.1) is 22.7 Å². The fraction of sp³-hybridized carbons (Fsp3) is 0.167. The predicted octanol–water partition coefficient (Wildman–Crippen LogP) is 5.46. The van der Waals surface area contributed by atoms with Crippen LogP contribution in [0.2, 0.25) is 0 Å². The van der Waals surface area contributed by atoms with E-state index in [4.69, 9.17) is 9.15 Å². The topological polar surface area (TPSA) is 112 Å². The largest absolute Gasteiger partial charge is 0.462 e. The molecule has 0 aliphatic rings. The van der Waals surface area contributed by atoms with Crippen LogP contribution in [0.1, 0.15) is 35.9 Å². The van der Waals surface area contributed by atoms with Crippen molar-refractivity contribution in [2.24, 2.45) is 0 Å². The molecule has 3 rings (SSSR count). The quantitative estimate of drug-likeness (QED) is 0.157. The van der Waals surface area contributed by atoms with Crippen LogP contribution < -0.4 is 5.32 Å². The summed E-state index contributed by atoms with van der Waals surface area (Å²) in [6.45, 7) is 2.39. The van der Waals surface area contributed by atoms with Gasteiger partial charge in [-0.15, -0.1) is 0 Å². The van der Waals surface area contributed by atoms with Crippen LogP contribution in [0.5, 0.6) is 0 Å². The Bertz CT molecular complexity index is 1130. The third-order valence-electron chi connectivity index (χ3n) is 4.51. The fourth-order valence-electron chi connectivity index (χ4n) is 2.85. The first-order valence-corrected chi connectivity index (χ1v) is 10.1. The third kappa shape index (κ3) is 5.91. The van der Waals surface area contributed by atoms with Gasteiger partial charge in [0, 0.05) is 17.8 Å². The second kappa shape index (κ2) is 10.7. The van der Waals surface area contributed by atoms with Crippen LogP contribution in [0.4, 0.5) is 11.4 Å². The molecule has 2 aromatic carbocycles. The summed E-state index contributed by atoms with van der Waals surface area (Å²) in [5.41, 5.74) is 1.22. The van der Waals surface area contributed by atoms with E-state index in [0.717, 1.165) is 12.8 Å². The lowest BCUT2D eigenvalue weighted by atomic mass is 10.1. The molecule has 1 heterocycles. The molecule has 0 fully saturated rings. The van der Waals surface area contributed by atoms with Gasteiger partial charge in [-0.05, 0) is 55.0 Å². The number of amides is 1. The van der Waals surface area contributed by atoms with Crippen LogP contribution >= 0.6 is 0 Å². The lowest BCUT2D eigenvalue weighted by Crippen LogP contribution is -2.09. The molecule has 3 aromatic rings. The number of esters is 1. The van der Waals surface area contributed by atoms with E-state index in [1.54, 1.807) is 54.6 Å². The monoisotopic (exact) mass is 434 g/mol. The van der Waals surface area contributed by atoms with Gasteiger partial charge >= 0.3 is 5.97 Å². The second-order valence-electron chi connectivity index (χ2n) is 6.87. The van der Waals surface area contributed by atoms with E-state index in [2.05, 4.69) is 5.32 Å². The van der Waals surface area contributed by atoms with Crippen molar-refractivity contribution in [2.45, 2.75) is 19.8 Å². The summed E-state index contributed by atoms with van der Waals surface area (Å²) in [6.07, 6.45) is 4.50. The van der Waals surface area contributed by atoms with E-state index >= 15 is 0 Å². The SMILES string of the molecule is CCCCOC(=O)c1ccc(NC(=O)/C=C/c2ccc(-c3ccccc3[N+](=O)[O-])o2)cc1. The van der Waals surface area contributed by atoms with Crippen molar-refractivity contribution >= 4 is 29.3 Å². The van der Waals surface area contributed by atoms with Crippen LogP contribution in [0, 0.1) is 10.1 Å². The van der Waals surface area contributed by atoms with Gasteiger partial charge in [0.25, 0.3) is 5.69 Å². The van der Waals surface area contributed by atoms with E-state index < -0.39 is 16.8 Å². The highest BCUT2D eigenvalue weighted by molar-refractivity contribution is 6.02. The minimum absolute atomic E-state index is 0.0622. The molecule has 1 amide bonds. The maximum atomic E-state index is 12.2. The standard InChI is InChI=1S/C24H22N2O6/c1-2-3-16-31-24(28)17-8-10-18(11-9-17)25-23(27)15-13-19-12-14-22(32-19)20-6-4-5-7-21(20)26(29)30/h4-15H,2-3,16H2,1H3,(H,25,27)/b15-13+. The minimum Gasteiger partial charge on any atom is -0.462 e. The van der Waals surface area contributed by atoms with Crippen LogP contribution in [-0.4, -0.2) is 23.4 Å². The summed E-state index contributed by atoms with van der Waals surface area (Å²) in [5, 5.41) is 13.9. The number of carbonyl (C=O) groups excluding carboxylic acids is 2. The van der Waals surface area contributed by atoms with Gasteiger partial charge in [-0.25, -0.2) is 4.79 Å². The average molecular weight is 434 g/mol. The predicted molar refractivity (Wildman–Crippen MR) is 120 cm³/mol. The lowest BCUT2D eigenvalue weighted by molar-refractivity contribution is -0.384. The molecule has 0 bridgehead atoms. The zero-order valence-electron chi connectivity index (χ0n) is 17.4. The van der Waals surface area contributed by atoms with Crippen molar-refractivity contribution in [1.29, 1.82) is 0 Å². The number of nitrogens with zero attached hydrogens (tertiary/aromatic N) is 1. The van der Waals surface area contributed by atoms with E-state index in [1.807, 2.05) is 6.92 Å². The molecule has 164 valence electrons. The lowest BCUT2D eigenvalue weighted by Gasteiger charge is -2.05. The number of nitrogens with one attached hydrogen (secondary N) is 1. The Morgan fingerprint density at radius 1 is 1.09 bits per heavy atom. The molecular weight excluding hydrogens is 412 g/mol. The number of nitro benzene ring substituents is 1. The Balaban J connectivity index is 1.60. The number of ether oxygens (including phenoxy) is 1. The Hall–Kier alpha value is -4.20. The molecule has 0 unspecified atom stereocenters. The number of carbonyl (C=O) groups is 2. The van der Waals surface area contributed by atoms with Crippen molar-refractivity contribution in [2.75, 3.05) is 11.9 Å². The van der Waals surface area contributed by atoms with Gasteiger partial charge in [-0.3, -0.25) is 14.9 Å². The Morgan fingerprint density at radius 3 is 2.56 bits per heavy atom. The van der Waals surface area contributed by atoms with Crippen molar-refractivity contribution in [3.63, 3.8) is 0 Å². The smallest absolute Gasteiger partial charge is 0.338 e. The van der Waals surface area contributed by atoms with E-state index in [0.29, 0.717) is 34.9 Å². The molecule has 0 saturated carbocycles. The zero-order valence-corrected chi connectivity index (χ0v) is 17.4. The highest BCUT2D eigenvalue weighted by Gasteiger charge is 2.16. The van der Waals surface area contributed by atoms with E-state index in [1.165, 1.54) is 18.2 Å². The van der Waals surface area contributed by atoms with Crippen LogP contribution in [-0.2, 0) is 9.53 Å². The summed E-state index contributed by atoms with van der Waals surface area (Å²) >= 11 is 0. The summed E-state index contributed by atoms with van der Waals surface area (Å²) in [5.74, 6) is -0.0901. The first-order valence-electron chi connectivity index (χ1n) is 10.1. The Morgan fingerprint density at radius 2 is 1.84 bits per heavy atom. The van der Waals surface area contributed by atoms with Gasteiger partial charge in [-0.2, -0.15) is 0 Å². The van der Waals surface area contributed by atoms with Crippen molar-refractivity contribution in [1.82, 2.24) is 0 Å². The van der Waals surface area contributed by atoms with Crippen LogP contribution in [0.3, 0.4) is 0 Å². The zero-order chi connectivity index (χ0) is 22.9. The summed E-state index contributed by atoms with van der Waals surface area (Å²) in [4.78, 5) is 34.8. The average Bonchev–Trinajstić information content (AvgIpc) is 3.27. The highest BCUT2D eigenvalue weighted by Crippen LogP contribution is 2.31. The maximum absolute atomic E-state index is 12.2. The molecule has 8 nitrogen and oxygen atoms in total. The summed E-state index contributed by atoms with van der Waals surface area (Å²) < 4.78 is 10.8. The molecule has 0 aliphatic carbocycles. The van der Waals surface area contributed by atoms with Gasteiger partial charge in [0.15, 0.2) is 0 Å². The molecule has 8 heteroatoms. The molecule has 0 aliphatic heterocycles. The summed E-state index contributed by atoms with van der Waals surface area (Å²) in [7, 11) is 0. The summed E-state index contributed by atoms with van der Waals surface area (Å²) in [6, 6.07) is 15.9. The molecule has 0 atom stereocenters. The Kier molecular flexibility index (Phi) is 7.53. The molecule has 0 radical (unpaired) electrons. The number of nitro groups is 1. The van der Waals surface area contributed by atoms with Crippen molar-refractivity contribution in [3.8, 4) is 11.3 Å². The number of para-hydroxylation sites is 1. The van der Waals surface area contributed by atoms with Crippen LogP contribution in [0.15, 0.2) is 71.2 Å². The van der Waals surface area contributed by atoms with E-state index in [9.17, 15) is 19.7 Å². The number of rotatable bonds is 9. The Labute approximate surface area is 184 Å². The number of furan rings is 1. The normalized spacial score (nSPS) is 10.8. The maximum Gasteiger partial charge on any atom is 0.338 e. The van der Waals surface area contributed by atoms with Gasteiger partial charge in [0.1, 0.15) is 11.5 Å². The first-order chi connectivity index (χ1) is 15.5. The van der Waals surface area contributed by atoms with Crippen molar-refractivity contribution in [3.05, 3.63) is 88.2 Å². The molecular formula is C24H22N2O6. The fourth-order valence-corrected chi connectivity index (χ4v) is 2.85. The van der Waals surface area contributed by atoms with Gasteiger partial charge < -0.3 is 14.5 Å².